The zero-order valence-electron chi connectivity index (χ0n) is 16.5. The van der Waals surface area contributed by atoms with Gasteiger partial charge >= 0.3 is 0 Å². The van der Waals surface area contributed by atoms with E-state index in [1.165, 1.54) is 23.1 Å². The highest BCUT2D eigenvalue weighted by molar-refractivity contribution is 7.99. The second-order valence-corrected chi connectivity index (χ2v) is 8.45. The molecule has 0 saturated carbocycles. The standard InChI is InChI=1S/C18H21ClN6O2S2/c1-5-25-16(12(4)27-13-6-10(2)15(19)11(3)7-13)22-24-18(25)28-8-14(26)21-17-23-20-9-29-17/h6-7,9,12H,5,8H2,1-4H3,(H,21,23,26). The van der Waals surface area contributed by atoms with Crippen LogP contribution in [0.15, 0.2) is 22.8 Å². The third-order valence-corrected chi connectivity index (χ3v) is 6.26. The van der Waals surface area contributed by atoms with Crippen LogP contribution in [0.2, 0.25) is 5.02 Å². The van der Waals surface area contributed by atoms with Crippen molar-refractivity contribution in [3.8, 4) is 5.75 Å². The molecule has 3 aromatic rings. The summed E-state index contributed by atoms with van der Waals surface area (Å²) in [6, 6.07) is 3.82. The Labute approximate surface area is 182 Å². The molecule has 2 aromatic heterocycles. The first-order valence-electron chi connectivity index (χ1n) is 8.94. The summed E-state index contributed by atoms with van der Waals surface area (Å²) in [5.74, 6) is 1.45. The van der Waals surface area contributed by atoms with Crippen molar-refractivity contribution in [2.45, 2.75) is 45.5 Å². The lowest BCUT2D eigenvalue weighted by Gasteiger charge is -2.17. The fraction of sp³-hybridized carbons (Fsp3) is 0.389. The zero-order chi connectivity index (χ0) is 21.0. The molecule has 0 bridgehead atoms. The number of aryl methyl sites for hydroxylation is 2. The van der Waals surface area contributed by atoms with Gasteiger partial charge < -0.3 is 9.30 Å². The summed E-state index contributed by atoms with van der Waals surface area (Å²) in [6.07, 6.45) is -0.313. The van der Waals surface area contributed by atoms with E-state index in [0.29, 0.717) is 22.7 Å². The number of aromatic nitrogens is 5. The molecule has 11 heteroatoms. The number of rotatable bonds is 8. The number of carbonyl (C=O) groups is 1. The lowest BCUT2D eigenvalue weighted by molar-refractivity contribution is -0.113. The smallest absolute Gasteiger partial charge is 0.236 e. The Kier molecular flexibility index (Phi) is 7.09. The van der Waals surface area contributed by atoms with Gasteiger partial charge in [-0.05, 0) is 51.0 Å². The predicted octanol–water partition coefficient (Wildman–Crippen LogP) is 4.29. The number of nitrogens with one attached hydrogen (secondary N) is 1. The summed E-state index contributed by atoms with van der Waals surface area (Å²) in [5, 5.41) is 20.6. The maximum absolute atomic E-state index is 12.1. The van der Waals surface area contributed by atoms with E-state index in [9.17, 15) is 4.79 Å². The van der Waals surface area contributed by atoms with Crippen molar-refractivity contribution in [1.82, 2.24) is 25.0 Å². The molecule has 3 rings (SSSR count). The van der Waals surface area contributed by atoms with Gasteiger partial charge in [0.25, 0.3) is 0 Å². The molecular formula is C18H21ClN6O2S2. The van der Waals surface area contributed by atoms with Crippen LogP contribution in [-0.4, -0.2) is 36.6 Å². The molecule has 0 fully saturated rings. The first-order chi connectivity index (χ1) is 13.9. The van der Waals surface area contributed by atoms with Crippen LogP contribution < -0.4 is 10.1 Å². The maximum Gasteiger partial charge on any atom is 0.236 e. The van der Waals surface area contributed by atoms with Gasteiger partial charge in [-0.1, -0.05) is 34.7 Å². The van der Waals surface area contributed by atoms with Gasteiger partial charge in [-0.15, -0.1) is 20.4 Å². The van der Waals surface area contributed by atoms with E-state index in [2.05, 4.69) is 25.7 Å². The van der Waals surface area contributed by atoms with Crippen molar-refractivity contribution in [3.05, 3.63) is 39.6 Å². The van der Waals surface area contributed by atoms with Crippen LogP contribution in [0.3, 0.4) is 0 Å². The molecule has 0 saturated heterocycles. The molecule has 1 atom stereocenters. The van der Waals surface area contributed by atoms with E-state index in [0.717, 1.165) is 21.9 Å². The number of anilines is 1. The number of nitrogens with zero attached hydrogens (tertiary/aromatic N) is 5. The molecule has 0 aliphatic heterocycles. The quantitative estimate of drug-likeness (QED) is 0.509. The molecule has 1 amide bonds. The number of carbonyl (C=O) groups excluding carboxylic acids is 1. The highest BCUT2D eigenvalue weighted by Crippen LogP contribution is 2.29. The van der Waals surface area contributed by atoms with Crippen molar-refractivity contribution < 1.29 is 9.53 Å². The van der Waals surface area contributed by atoms with E-state index < -0.39 is 0 Å². The molecule has 0 aliphatic carbocycles. The van der Waals surface area contributed by atoms with Crippen LogP contribution in [0, 0.1) is 13.8 Å². The Balaban J connectivity index is 1.67. The van der Waals surface area contributed by atoms with Gasteiger partial charge in [0.2, 0.25) is 11.0 Å². The van der Waals surface area contributed by atoms with Crippen molar-refractivity contribution in [1.29, 1.82) is 0 Å². The lowest BCUT2D eigenvalue weighted by atomic mass is 10.1. The lowest BCUT2D eigenvalue weighted by Crippen LogP contribution is -2.15. The van der Waals surface area contributed by atoms with Crippen molar-refractivity contribution in [3.63, 3.8) is 0 Å². The van der Waals surface area contributed by atoms with Crippen molar-refractivity contribution >= 4 is 45.7 Å². The van der Waals surface area contributed by atoms with Gasteiger partial charge in [0, 0.05) is 11.6 Å². The van der Waals surface area contributed by atoms with Crippen LogP contribution in [0.1, 0.15) is 36.9 Å². The van der Waals surface area contributed by atoms with E-state index >= 15 is 0 Å². The highest BCUT2D eigenvalue weighted by Gasteiger charge is 2.20. The van der Waals surface area contributed by atoms with Crippen LogP contribution in [-0.2, 0) is 11.3 Å². The molecular weight excluding hydrogens is 432 g/mol. The predicted molar refractivity (Wildman–Crippen MR) is 115 cm³/mol. The van der Waals surface area contributed by atoms with E-state index in [1.54, 1.807) is 5.51 Å². The van der Waals surface area contributed by atoms with Crippen LogP contribution in [0.25, 0.3) is 0 Å². The topological polar surface area (TPSA) is 94.8 Å². The van der Waals surface area contributed by atoms with E-state index in [-0.39, 0.29) is 17.8 Å². The summed E-state index contributed by atoms with van der Waals surface area (Å²) in [6.45, 7) is 8.48. The second-order valence-electron chi connectivity index (χ2n) is 6.30. The van der Waals surface area contributed by atoms with E-state index in [1.807, 2.05) is 44.4 Å². The Hall–Kier alpha value is -2.17. The first kappa shape index (κ1) is 21.5. The molecule has 1 aromatic carbocycles. The molecule has 8 nitrogen and oxygen atoms in total. The van der Waals surface area contributed by atoms with Gasteiger partial charge in [0.05, 0.1) is 5.75 Å². The van der Waals surface area contributed by atoms with E-state index in [4.69, 9.17) is 16.3 Å². The fourth-order valence-electron chi connectivity index (χ4n) is 2.75. The van der Waals surface area contributed by atoms with Gasteiger partial charge in [-0.25, -0.2) is 0 Å². The minimum absolute atomic E-state index is 0.171. The molecule has 0 radical (unpaired) electrons. The Bertz CT molecular complexity index is 969. The highest BCUT2D eigenvalue weighted by atomic mass is 35.5. The first-order valence-corrected chi connectivity index (χ1v) is 11.2. The summed E-state index contributed by atoms with van der Waals surface area (Å²) < 4.78 is 8.03. The summed E-state index contributed by atoms with van der Waals surface area (Å²) in [5.41, 5.74) is 3.49. The third kappa shape index (κ3) is 5.26. The molecule has 1 N–H and O–H groups in total. The zero-order valence-corrected chi connectivity index (χ0v) is 18.9. The molecule has 29 heavy (non-hydrogen) atoms. The number of halogens is 1. The number of thioether (sulfide) groups is 1. The van der Waals surface area contributed by atoms with Gasteiger partial charge in [0.15, 0.2) is 17.1 Å². The van der Waals surface area contributed by atoms with Crippen molar-refractivity contribution in [2.24, 2.45) is 0 Å². The molecule has 0 spiro atoms. The van der Waals surface area contributed by atoms with Gasteiger partial charge in [-0.2, -0.15) is 0 Å². The fourth-order valence-corrected chi connectivity index (χ4v) is 4.13. The molecule has 1 unspecified atom stereocenters. The van der Waals surface area contributed by atoms with Crippen LogP contribution in [0.4, 0.5) is 5.13 Å². The second kappa shape index (κ2) is 9.55. The minimum atomic E-state index is -0.313. The van der Waals surface area contributed by atoms with Gasteiger partial charge in [0.1, 0.15) is 11.3 Å². The molecule has 0 aliphatic rings. The average molecular weight is 453 g/mol. The molecule has 2 heterocycles. The average Bonchev–Trinajstić information content (AvgIpc) is 3.33. The number of ether oxygens (including phenoxy) is 1. The van der Waals surface area contributed by atoms with Crippen LogP contribution in [0.5, 0.6) is 5.75 Å². The Morgan fingerprint density at radius 1 is 1.31 bits per heavy atom. The number of hydrogen-bond donors (Lipinski definition) is 1. The van der Waals surface area contributed by atoms with Crippen molar-refractivity contribution in [2.75, 3.05) is 11.1 Å². The monoisotopic (exact) mass is 452 g/mol. The summed E-state index contributed by atoms with van der Waals surface area (Å²) in [7, 11) is 0. The summed E-state index contributed by atoms with van der Waals surface area (Å²) >= 11 is 8.82. The number of amides is 1. The molecule has 154 valence electrons. The largest absolute Gasteiger partial charge is 0.483 e. The van der Waals surface area contributed by atoms with Gasteiger partial charge in [-0.3, -0.25) is 10.1 Å². The Morgan fingerprint density at radius 2 is 2.03 bits per heavy atom. The minimum Gasteiger partial charge on any atom is -0.483 e. The number of hydrogen-bond acceptors (Lipinski definition) is 8. The van der Waals surface area contributed by atoms with Crippen LogP contribution >= 0.6 is 34.7 Å². The SMILES string of the molecule is CCn1c(SCC(=O)Nc2nncs2)nnc1C(C)Oc1cc(C)c(Cl)c(C)c1. The number of benzene rings is 1. The summed E-state index contributed by atoms with van der Waals surface area (Å²) in [4.78, 5) is 12.1. The normalized spacial score (nSPS) is 12.0. The maximum atomic E-state index is 12.1. The third-order valence-electron chi connectivity index (χ3n) is 4.09. The Morgan fingerprint density at radius 3 is 2.66 bits per heavy atom.